The van der Waals surface area contributed by atoms with Gasteiger partial charge < -0.3 is 14.5 Å². The van der Waals surface area contributed by atoms with Crippen LogP contribution < -0.4 is 9.47 Å². The molecule has 0 fully saturated rings. The molecule has 0 unspecified atom stereocenters. The zero-order chi connectivity index (χ0) is 14.8. The summed E-state index contributed by atoms with van der Waals surface area (Å²) in [7, 11) is 1.63. The molecule has 0 aliphatic carbocycles. The minimum Gasteiger partial charge on any atom is -0.497 e. The summed E-state index contributed by atoms with van der Waals surface area (Å²) >= 11 is 0. The zero-order valence-corrected chi connectivity index (χ0v) is 11.8. The van der Waals surface area contributed by atoms with Crippen LogP contribution in [0.1, 0.15) is 11.3 Å². The van der Waals surface area contributed by atoms with Crippen molar-refractivity contribution in [3.8, 4) is 23.3 Å². The topological polar surface area (TPSA) is 58.0 Å². The largest absolute Gasteiger partial charge is 0.497 e. The molecule has 104 valence electrons. The molecule has 0 radical (unpaired) electrons. The van der Waals surface area contributed by atoms with E-state index in [-0.39, 0.29) is 0 Å². The van der Waals surface area contributed by atoms with Crippen molar-refractivity contribution in [3.05, 3.63) is 53.7 Å². The van der Waals surface area contributed by atoms with E-state index in [0.717, 1.165) is 33.8 Å². The number of benzene rings is 2. The van der Waals surface area contributed by atoms with E-state index in [1.54, 1.807) is 13.2 Å². The van der Waals surface area contributed by atoms with Crippen LogP contribution in [0.5, 0.6) is 17.2 Å². The molecule has 21 heavy (non-hydrogen) atoms. The maximum absolute atomic E-state index is 9.16. The van der Waals surface area contributed by atoms with Crippen LogP contribution in [0, 0.1) is 18.3 Å². The Morgan fingerprint density at radius 1 is 1.05 bits per heavy atom. The van der Waals surface area contributed by atoms with Gasteiger partial charge in [-0.3, -0.25) is 0 Å². The average Bonchev–Trinajstić information content (AvgIpc) is 2.90. The quantitative estimate of drug-likeness (QED) is 0.783. The second-order valence-electron chi connectivity index (χ2n) is 4.74. The maximum Gasteiger partial charge on any atom is 0.136 e. The fourth-order valence-electron chi connectivity index (χ4n) is 2.28. The highest BCUT2D eigenvalue weighted by Crippen LogP contribution is 2.32. The molecule has 1 heterocycles. The summed E-state index contributed by atoms with van der Waals surface area (Å²) in [4.78, 5) is 3.20. The molecular formula is C17H14N2O2. The maximum atomic E-state index is 9.16. The first-order valence-electron chi connectivity index (χ1n) is 6.55. The average molecular weight is 278 g/mol. The Morgan fingerprint density at radius 2 is 1.76 bits per heavy atom. The molecule has 0 bridgehead atoms. The first-order valence-corrected chi connectivity index (χ1v) is 6.55. The summed E-state index contributed by atoms with van der Waals surface area (Å²) in [5.74, 6) is 2.23. The molecule has 0 aliphatic heterocycles. The molecule has 2 aromatic carbocycles. The Hall–Kier alpha value is -2.93. The third-order valence-corrected chi connectivity index (χ3v) is 3.30. The fraction of sp³-hybridized carbons (Fsp3) is 0.118. The number of rotatable bonds is 3. The molecule has 0 saturated carbocycles. The van der Waals surface area contributed by atoms with Crippen LogP contribution in [-0.4, -0.2) is 12.1 Å². The number of hydrogen-bond acceptors (Lipinski definition) is 3. The Kier molecular flexibility index (Phi) is 3.25. The van der Waals surface area contributed by atoms with Crippen molar-refractivity contribution in [2.75, 3.05) is 7.11 Å². The third kappa shape index (κ3) is 2.41. The number of ether oxygens (including phenoxy) is 2. The van der Waals surface area contributed by atoms with E-state index in [0.29, 0.717) is 5.56 Å². The van der Waals surface area contributed by atoms with Crippen molar-refractivity contribution in [1.82, 2.24) is 4.98 Å². The van der Waals surface area contributed by atoms with Crippen LogP contribution in [0.3, 0.4) is 0 Å². The standard InChI is InChI=1S/C17H14N2O2/c1-11-9-15-16(8-3-12(10-18)17(15)19-11)21-14-6-4-13(20-2)5-7-14/h3-9,19H,1-2H3. The first kappa shape index (κ1) is 13.1. The van der Waals surface area contributed by atoms with Crippen LogP contribution in [0.15, 0.2) is 42.5 Å². The smallest absolute Gasteiger partial charge is 0.136 e. The number of H-pyrrole nitrogens is 1. The Bertz CT molecular complexity index is 826. The second-order valence-corrected chi connectivity index (χ2v) is 4.74. The van der Waals surface area contributed by atoms with Gasteiger partial charge in [-0.15, -0.1) is 0 Å². The monoisotopic (exact) mass is 278 g/mol. The van der Waals surface area contributed by atoms with E-state index in [1.165, 1.54) is 0 Å². The van der Waals surface area contributed by atoms with E-state index >= 15 is 0 Å². The number of nitriles is 1. The molecular weight excluding hydrogens is 264 g/mol. The highest BCUT2D eigenvalue weighted by atomic mass is 16.5. The molecule has 3 rings (SSSR count). The SMILES string of the molecule is COc1ccc(Oc2ccc(C#N)c3[nH]c(C)cc23)cc1. The van der Waals surface area contributed by atoms with Gasteiger partial charge >= 0.3 is 0 Å². The van der Waals surface area contributed by atoms with Gasteiger partial charge in [0.1, 0.15) is 23.3 Å². The normalized spacial score (nSPS) is 10.3. The number of nitrogens with zero attached hydrogens (tertiary/aromatic N) is 1. The van der Waals surface area contributed by atoms with E-state index in [2.05, 4.69) is 11.1 Å². The predicted molar refractivity (Wildman–Crippen MR) is 80.8 cm³/mol. The molecule has 4 heteroatoms. The number of aryl methyl sites for hydroxylation is 1. The zero-order valence-electron chi connectivity index (χ0n) is 11.8. The highest BCUT2D eigenvalue weighted by molar-refractivity contribution is 5.91. The predicted octanol–water partition coefficient (Wildman–Crippen LogP) is 4.15. The Balaban J connectivity index is 2.02. The van der Waals surface area contributed by atoms with Crippen molar-refractivity contribution >= 4 is 10.9 Å². The van der Waals surface area contributed by atoms with Gasteiger partial charge in [0.2, 0.25) is 0 Å². The third-order valence-electron chi connectivity index (χ3n) is 3.30. The van der Waals surface area contributed by atoms with E-state index in [9.17, 15) is 0 Å². The first-order chi connectivity index (χ1) is 10.2. The molecule has 3 aromatic rings. The lowest BCUT2D eigenvalue weighted by Gasteiger charge is -2.08. The van der Waals surface area contributed by atoms with E-state index in [1.807, 2.05) is 43.3 Å². The van der Waals surface area contributed by atoms with Crippen LogP contribution in [0.25, 0.3) is 10.9 Å². The number of aromatic nitrogens is 1. The van der Waals surface area contributed by atoms with Gasteiger partial charge in [0.05, 0.1) is 18.2 Å². The van der Waals surface area contributed by atoms with Crippen molar-refractivity contribution in [2.24, 2.45) is 0 Å². The summed E-state index contributed by atoms with van der Waals surface area (Å²) in [6.45, 7) is 1.96. The van der Waals surface area contributed by atoms with Gasteiger partial charge in [-0.1, -0.05) is 0 Å². The van der Waals surface area contributed by atoms with Crippen molar-refractivity contribution in [1.29, 1.82) is 5.26 Å². The lowest BCUT2D eigenvalue weighted by molar-refractivity contribution is 0.413. The minimum atomic E-state index is 0.611. The van der Waals surface area contributed by atoms with Crippen LogP contribution in [0.2, 0.25) is 0 Å². The van der Waals surface area contributed by atoms with Gasteiger partial charge in [0, 0.05) is 11.1 Å². The Morgan fingerprint density at radius 3 is 2.43 bits per heavy atom. The van der Waals surface area contributed by atoms with Crippen molar-refractivity contribution < 1.29 is 9.47 Å². The Labute approximate surface area is 122 Å². The lowest BCUT2D eigenvalue weighted by atomic mass is 10.1. The highest BCUT2D eigenvalue weighted by Gasteiger charge is 2.10. The summed E-state index contributed by atoms with van der Waals surface area (Å²) in [5.41, 5.74) is 2.41. The second kappa shape index (κ2) is 5.22. The summed E-state index contributed by atoms with van der Waals surface area (Å²) in [6.07, 6.45) is 0. The molecule has 0 amide bonds. The van der Waals surface area contributed by atoms with Gasteiger partial charge in [0.15, 0.2) is 0 Å². The van der Waals surface area contributed by atoms with E-state index in [4.69, 9.17) is 14.7 Å². The van der Waals surface area contributed by atoms with E-state index < -0.39 is 0 Å². The van der Waals surface area contributed by atoms with Gasteiger partial charge in [-0.25, -0.2) is 0 Å². The minimum absolute atomic E-state index is 0.611. The van der Waals surface area contributed by atoms with Crippen LogP contribution in [-0.2, 0) is 0 Å². The van der Waals surface area contributed by atoms with Gasteiger partial charge in [-0.05, 0) is 49.4 Å². The fourth-order valence-corrected chi connectivity index (χ4v) is 2.28. The summed E-state index contributed by atoms with van der Waals surface area (Å²) < 4.78 is 11.0. The lowest BCUT2D eigenvalue weighted by Crippen LogP contribution is -1.87. The van der Waals surface area contributed by atoms with Crippen molar-refractivity contribution in [2.45, 2.75) is 6.92 Å². The molecule has 0 saturated heterocycles. The van der Waals surface area contributed by atoms with Crippen LogP contribution >= 0.6 is 0 Å². The molecule has 4 nitrogen and oxygen atoms in total. The number of hydrogen-bond donors (Lipinski definition) is 1. The molecule has 1 N–H and O–H groups in total. The molecule has 0 spiro atoms. The number of methoxy groups -OCH3 is 1. The van der Waals surface area contributed by atoms with Crippen LogP contribution in [0.4, 0.5) is 0 Å². The molecule has 0 atom stereocenters. The summed E-state index contributed by atoms with van der Waals surface area (Å²) in [6, 6.07) is 15.1. The number of fused-ring (bicyclic) bond motifs is 1. The number of aromatic amines is 1. The van der Waals surface area contributed by atoms with Gasteiger partial charge in [-0.2, -0.15) is 5.26 Å². The summed E-state index contributed by atoms with van der Waals surface area (Å²) in [5, 5.41) is 10.1. The molecule has 0 aliphatic rings. The number of nitrogens with one attached hydrogen (secondary N) is 1. The van der Waals surface area contributed by atoms with Crippen molar-refractivity contribution in [3.63, 3.8) is 0 Å². The molecule has 1 aromatic heterocycles. The van der Waals surface area contributed by atoms with Gasteiger partial charge in [0.25, 0.3) is 0 Å².